The van der Waals surface area contributed by atoms with Crippen LogP contribution in [0.15, 0.2) is 12.7 Å². The van der Waals surface area contributed by atoms with Gasteiger partial charge >= 0.3 is 12.1 Å². The fourth-order valence-corrected chi connectivity index (χ4v) is 1.09. The van der Waals surface area contributed by atoms with Crippen LogP contribution in [0.2, 0.25) is 0 Å². The van der Waals surface area contributed by atoms with Gasteiger partial charge in [-0.3, -0.25) is 4.79 Å². The Balaban J connectivity index is 3.89. The summed E-state index contributed by atoms with van der Waals surface area (Å²) in [6.45, 7) is 5.62. The summed E-state index contributed by atoms with van der Waals surface area (Å²) in [4.78, 5) is 11.4. The van der Waals surface area contributed by atoms with Gasteiger partial charge in [0.05, 0.1) is 0 Å². The largest absolute Gasteiger partial charge is 0.471 e. The molecule has 0 fully saturated rings. The molecule has 0 N–H and O–H groups in total. The molecule has 15 heavy (non-hydrogen) atoms. The minimum atomic E-state index is -4.77. The number of carbonyl (C=O) groups excluding carboxylic acids is 1. The van der Waals surface area contributed by atoms with Crippen LogP contribution in [-0.2, 0) is 4.79 Å². The number of nitrogens with zero attached hydrogens (tertiary/aromatic N) is 1. The van der Waals surface area contributed by atoms with E-state index in [0.717, 1.165) is 13.5 Å². The van der Waals surface area contributed by atoms with Crippen LogP contribution in [0.1, 0.15) is 19.8 Å². The van der Waals surface area contributed by atoms with E-state index in [0.29, 0.717) is 11.3 Å². The van der Waals surface area contributed by atoms with Crippen molar-refractivity contribution >= 4 is 5.91 Å². The molecule has 0 rings (SSSR count). The molecule has 0 spiro atoms. The van der Waals surface area contributed by atoms with Gasteiger partial charge < -0.3 is 4.90 Å². The highest BCUT2D eigenvalue weighted by Gasteiger charge is 2.40. The van der Waals surface area contributed by atoms with E-state index in [1.807, 2.05) is 6.92 Å². The summed E-state index contributed by atoms with van der Waals surface area (Å²) in [5.74, 6) is -1.52. The first-order valence-electron chi connectivity index (χ1n) is 4.74. The number of amides is 1. The molecule has 0 aliphatic heterocycles. The lowest BCUT2D eigenvalue weighted by molar-refractivity contribution is -0.184. The molecule has 0 saturated heterocycles. The molecule has 0 aliphatic carbocycles. The predicted octanol–water partition coefficient (Wildman–Crippen LogP) is 2.61. The van der Waals surface area contributed by atoms with E-state index >= 15 is 0 Å². The van der Waals surface area contributed by atoms with E-state index in [1.165, 1.54) is 0 Å². The summed E-state index contributed by atoms with van der Waals surface area (Å²) in [6.07, 6.45) is -1.74. The third-order valence-electron chi connectivity index (χ3n) is 2.14. The van der Waals surface area contributed by atoms with Crippen molar-refractivity contribution in [1.29, 1.82) is 0 Å². The van der Waals surface area contributed by atoms with E-state index in [2.05, 4.69) is 6.58 Å². The van der Waals surface area contributed by atoms with Crippen LogP contribution < -0.4 is 0 Å². The summed E-state index contributed by atoms with van der Waals surface area (Å²) in [6, 6.07) is 0. The molecule has 2 nitrogen and oxygen atoms in total. The van der Waals surface area contributed by atoms with Gasteiger partial charge in [-0.2, -0.15) is 13.2 Å². The van der Waals surface area contributed by atoms with Crippen molar-refractivity contribution in [2.24, 2.45) is 5.92 Å². The molecule has 0 bridgehead atoms. The van der Waals surface area contributed by atoms with Gasteiger partial charge in [0.2, 0.25) is 0 Å². The third kappa shape index (κ3) is 5.44. The fourth-order valence-electron chi connectivity index (χ4n) is 1.09. The smallest absolute Gasteiger partial charge is 0.338 e. The summed E-state index contributed by atoms with van der Waals surface area (Å²) < 4.78 is 35.8. The summed E-state index contributed by atoms with van der Waals surface area (Å²) in [5, 5.41) is 0. The van der Waals surface area contributed by atoms with Crippen LogP contribution in [-0.4, -0.2) is 30.6 Å². The summed E-state index contributed by atoms with van der Waals surface area (Å²) >= 11 is 0. The minimum absolute atomic E-state index is 0.122. The topological polar surface area (TPSA) is 20.3 Å². The highest BCUT2D eigenvalue weighted by atomic mass is 19.4. The van der Waals surface area contributed by atoms with Gasteiger partial charge in [-0.15, -0.1) is 6.58 Å². The highest BCUT2D eigenvalue weighted by molar-refractivity contribution is 5.81. The second kappa shape index (κ2) is 5.78. The van der Waals surface area contributed by atoms with Crippen molar-refractivity contribution < 1.29 is 18.0 Å². The van der Waals surface area contributed by atoms with Crippen molar-refractivity contribution in [3.63, 3.8) is 0 Å². The number of hydrogen-bond donors (Lipinski definition) is 0. The van der Waals surface area contributed by atoms with E-state index in [9.17, 15) is 18.0 Å². The molecule has 0 aromatic rings. The van der Waals surface area contributed by atoms with E-state index in [1.54, 1.807) is 6.08 Å². The Kier molecular flexibility index (Phi) is 5.39. The molecule has 1 amide bonds. The van der Waals surface area contributed by atoms with Crippen molar-refractivity contribution in [2.45, 2.75) is 25.9 Å². The number of rotatable bonds is 5. The first-order valence-corrected chi connectivity index (χ1v) is 4.74. The summed E-state index contributed by atoms with van der Waals surface area (Å²) in [5.41, 5.74) is 0. The second-order valence-electron chi connectivity index (χ2n) is 3.58. The summed E-state index contributed by atoms with van der Waals surface area (Å²) in [7, 11) is 1.16. The number of hydrogen-bond acceptors (Lipinski definition) is 1. The molecule has 0 aromatic heterocycles. The monoisotopic (exact) mass is 223 g/mol. The molecular weight excluding hydrogens is 207 g/mol. The Morgan fingerprint density at radius 2 is 2.07 bits per heavy atom. The van der Waals surface area contributed by atoms with Crippen LogP contribution in [0.25, 0.3) is 0 Å². The molecule has 88 valence electrons. The molecule has 0 aromatic carbocycles. The Labute approximate surface area is 87.8 Å². The average molecular weight is 223 g/mol. The van der Waals surface area contributed by atoms with Gasteiger partial charge in [0, 0.05) is 13.6 Å². The fraction of sp³-hybridized carbons (Fsp3) is 0.700. The molecule has 0 saturated carbocycles. The van der Waals surface area contributed by atoms with E-state index in [4.69, 9.17) is 0 Å². The maximum Gasteiger partial charge on any atom is 0.471 e. The van der Waals surface area contributed by atoms with Crippen LogP contribution >= 0.6 is 0 Å². The lowest BCUT2D eigenvalue weighted by Gasteiger charge is -2.18. The van der Waals surface area contributed by atoms with Gasteiger partial charge in [0.1, 0.15) is 0 Å². The minimum Gasteiger partial charge on any atom is -0.338 e. The average Bonchev–Trinajstić information content (AvgIpc) is 2.14. The lowest BCUT2D eigenvalue weighted by atomic mass is 10.1. The third-order valence-corrected chi connectivity index (χ3v) is 2.14. The zero-order valence-corrected chi connectivity index (χ0v) is 8.97. The Morgan fingerprint density at radius 3 is 2.47 bits per heavy atom. The Bertz CT molecular complexity index is 225. The van der Waals surface area contributed by atoms with Crippen molar-refractivity contribution in [3.8, 4) is 0 Å². The standard InChI is InChI=1S/C10H16F3NO/c1-4-8(2)6-5-7-14(3)9(15)10(11,12)13/h4,8H,1,5-7H2,2-3H3. The zero-order valence-electron chi connectivity index (χ0n) is 8.97. The molecule has 1 unspecified atom stereocenters. The molecular formula is C10H16F3NO. The van der Waals surface area contributed by atoms with Crippen LogP contribution in [0, 0.1) is 5.92 Å². The lowest BCUT2D eigenvalue weighted by Crippen LogP contribution is -2.38. The maximum atomic E-state index is 11.9. The molecule has 0 heterocycles. The predicted molar refractivity (Wildman–Crippen MR) is 52.3 cm³/mol. The van der Waals surface area contributed by atoms with Gasteiger partial charge in [-0.25, -0.2) is 0 Å². The van der Waals surface area contributed by atoms with Crippen molar-refractivity contribution in [1.82, 2.24) is 4.90 Å². The first kappa shape index (κ1) is 14.0. The number of alkyl halides is 3. The number of halogens is 3. The van der Waals surface area contributed by atoms with Gasteiger partial charge in [-0.05, 0) is 18.8 Å². The van der Waals surface area contributed by atoms with Crippen LogP contribution in [0.3, 0.4) is 0 Å². The molecule has 1 atom stereocenters. The Morgan fingerprint density at radius 1 is 1.53 bits per heavy atom. The van der Waals surface area contributed by atoms with E-state index < -0.39 is 12.1 Å². The van der Waals surface area contributed by atoms with Crippen molar-refractivity contribution in [3.05, 3.63) is 12.7 Å². The molecule has 0 aliphatic rings. The van der Waals surface area contributed by atoms with E-state index in [-0.39, 0.29) is 12.5 Å². The first-order chi connectivity index (χ1) is 6.79. The zero-order chi connectivity index (χ0) is 12.1. The maximum absolute atomic E-state index is 11.9. The second-order valence-corrected chi connectivity index (χ2v) is 3.58. The number of allylic oxidation sites excluding steroid dienone is 1. The van der Waals surface area contributed by atoms with Crippen LogP contribution in [0.5, 0.6) is 0 Å². The molecule has 0 radical (unpaired) electrons. The van der Waals surface area contributed by atoms with Gasteiger partial charge in [0.15, 0.2) is 0 Å². The molecule has 5 heteroatoms. The highest BCUT2D eigenvalue weighted by Crippen LogP contribution is 2.18. The number of carbonyl (C=O) groups is 1. The van der Waals surface area contributed by atoms with Crippen molar-refractivity contribution in [2.75, 3.05) is 13.6 Å². The quantitative estimate of drug-likeness (QED) is 0.656. The Hall–Kier alpha value is -1.00. The van der Waals surface area contributed by atoms with Gasteiger partial charge in [0.25, 0.3) is 0 Å². The normalized spacial score (nSPS) is 13.4. The SMILES string of the molecule is C=CC(C)CCCN(C)C(=O)C(F)(F)F. The van der Waals surface area contributed by atoms with Gasteiger partial charge in [-0.1, -0.05) is 13.0 Å². The van der Waals surface area contributed by atoms with Crippen LogP contribution in [0.4, 0.5) is 13.2 Å².